The summed E-state index contributed by atoms with van der Waals surface area (Å²) in [4.78, 5) is 40.0. The van der Waals surface area contributed by atoms with Gasteiger partial charge in [0.25, 0.3) is 5.56 Å². The highest BCUT2D eigenvalue weighted by Crippen LogP contribution is 2.11. The van der Waals surface area contributed by atoms with Gasteiger partial charge < -0.3 is 10.1 Å². The van der Waals surface area contributed by atoms with Crippen LogP contribution in [0.25, 0.3) is 0 Å². The Balaban J connectivity index is 2.02. The van der Waals surface area contributed by atoms with Crippen LogP contribution in [-0.2, 0) is 16.1 Å². The molecule has 132 valence electrons. The summed E-state index contributed by atoms with van der Waals surface area (Å²) in [7, 11) is 0. The molecule has 0 unspecified atom stereocenters. The molecule has 0 saturated heterocycles. The Morgan fingerprint density at radius 1 is 1.20 bits per heavy atom. The number of rotatable bonds is 6. The van der Waals surface area contributed by atoms with Crippen molar-refractivity contribution in [2.75, 3.05) is 11.9 Å². The Bertz CT molecular complexity index is 825. The fourth-order valence-electron chi connectivity index (χ4n) is 2.27. The maximum Gasteiger partial charge on any atom is 0.338 e. The average Bonchev–Trinajstić information content (AvgIpc) is 2.56. The number of amides is 1. The molecule has 7 nitrogen and oxygen atoms in total. The minimum atomic E-state index is -0.396. The highest BCUT2D eigenvalue weighted by Gasteiger charge is 2.10. The molecule has 1 aromatic carbocycles. The van der Waals surface area contributed by atoms with Crippen LogP contribution >= 0.6 is 0 Å². The summed E-state index contributed by atoms with van der Waals surface area (Å²) in [6.07, 6.45) is 0.756. The third-order valence-electron chi connectivity index (χ3n) is 3.47. The molecule has 1 N–H and O–H groups in total. The van der Waals surface area contributed by atoms with Gasteiger partial charge in [0.15, 0.2) is 0 Å². The van der Waals surface area contributed by atoms with E-state index in [1.54, 1.807) is 38.1 Å². The summed E-state index contributed by atoms with van der Waals surface area (Å²) in [5, 5.41) is 2.69. The molecule has 0 saturated carbocycles. The summed E-state index contributed by atoms with van der Waals surface area (Å²) in [6, 6.07) is 7.78. The van der Waals surface area contributed by atoms with E-state index in [4.69, 9.17) is 4.74 Å². The lowest BCUT2D eigenvalue weighted by Gasteiger charge is -2.10. The topological polar surface area (TPSA) is 90.3 Å². The molecule has 0 fully saturated rings. The Morgan fingerprint density at radius 2 is 1.88 bits per heavy atom. The number of nitrogens with one attached hydrogen (secondary N) is 1. The zero-order valence-electron chi connectivity index (χ0n) is 14.5. The number of carbonyl (C=O) groups is 2. The molecule has 1 heterocycles. The first-order valence-electron chi connectivity index (χ1n) is 8.03. The zero-order valence-corrected chi connectivity index (χ0v) is 14.5. The molecule has 1 aromatic heterocycles. The van der Waals surface area contributed by atoms with E-state index in [2.05, 4.69) is 10.3 Å². The molecule has 1 amide bonds. The highest BCUT2D eigenvalue weighted by molar-refractivity contribution is 5.93. The number of aryl methyl sites for hydroxylation is 2. The number of ether oxygens (including phenoxy) is 1. The van der Waals surface area contributed by atoms with Crippen LogP contribution < -0.4 is 10.9 Å². The molecule has 0 aliphatic heterocycles. The second-order valence-electron chi connectivity index (χ2n) is 5.63. The van der Waals surface area contributed by atoms with Gasteiger partial charge >= 0.3 is 5.97 Å². The van der Waals surface area contributed by atoms with Crippen LogP contribution in [-0.4, -0.2) is 28.0 Å². The van der Waals surface area contributed by atoms with Crippen LogP contribution in [0.5, 0.6) is 0 Å². The molecule has 2 rings (SSSR count). The molecule has 7 heteroatoms. The van der Waals surface area contributed by atoms with E-state index in [0.29, 0.717) is 29.4 Å². The lowest BCUT2D eigenvalue weighted by Crippen LogP contribution is -2.30. The van der Waals surface area contributed by atoms with Crippen molar-refractivity contribution in [2.24, 2.45) is 0 Å². The standard InChI is InChI=1S/C18H21N3O4/c1-4-9-25-18(24)14-5-7-15(8-6-14)20-16(22)11-21-13(3)19-12(2)10-17(21)23/h5-8,10H,4,9,11H2,1-3H3,(H,20,22). The van der Waals surface area contributed by atoms with Crippen molar-refractivity contribution in [3.63, 3.8) is 0 Å². The molecule has 2 aromatic rings. The SMILES string of the molecule is CCCOC(=O)c1ccc(NC(=O)Cn2c(C)nc(C)cc2=O)cc1. The zero-order chi connectivity index (χ0) is 18.4. The van der Waals surface area contributed by atoms with Crippen molar-refractivity contribution in [1.29, 1.82) is 0 Å². The number of nitrogens with zero attached hydrogens (tertiary/aromatic N) is 2. The molecule has 0 aliphatic rings. The van der Waals surface area contributed by atoms with E-state index >= 15 is 0 Å². The van der Waals surface area contributed by atoms with Gasteiger partial charge in [0.05, 0.1) is 12.2 Å². The maximum atomic E-state index is 12.1. The number of hydrogen-bond donors (Lipinski definition) is 1. The van der Waals surface area contributed by atoms with Crippen molar-refractivity contribution in [3.05, 3.63) is 57.8 Å². The van der Waals surface area contributed by atoms with Gasteiger partial charge in [-0.1, -0.05) is 6.92 Å². The summed E-state index contributed by atoms with van der Waals surface area (Å²) in [5.41, 5.74) is 1.29. The van der Waals surface area contributed by atoms with Gasteiger partial charge in [-0.2, -0.15) is 0 Å². The average molecular weight is 343 g/mol. The largest absolute Gasteiger partial charge is 0.462 e. The molecular weight excluding hydrogens is 322 g/mol. The fraction of sp³-hybridized carbons (Fsp3) is 0.333. The maximum absolute atomic E-state index is 12.1. The van der Waals surface area contributed by atoms with Crippen molar-refractivity contribution in [3.8, 4) is 0 Å². The third kappa shape index (κ3) is 5.00. The van der Waals surface area contributed by atoms with Crippen LogP contribution in [0.3, 0.4) is 0 Å². The van der Waals surface area contributed by atoms with Crippen molar-refractivity contribution < 1.29 is 14.3 Å². The van der Waals surface area contributed by atoms with Crippen molar-refractivity contribution in [1.82, 2.24) is 9.55 Å². The lowest BCUT2D eigenvalue weighted by atomic mass is 10.2. The molecule has 0 bridgehead atoms. The smallest absolute Gasteiger partial charge is 0.338 e. The van der Waals surface area contributed by atoms with Crippen LogP contribution in [0.2, 0.25) is 0 Å². The fourth-order valence-corrected chi connectivity index (χ4v) is 2.27. The van der Waals surface area contributed by atoms with E-state index < -0.39 is 5.97 Å². The van der Waals surface area contributed by atoms with Gasteiger partial charge in [-0.3, -0.25) is 14.2 Å². The molecule has 0 aliphatic carbocycles. The monoisotopic (exact) mass is 343 g/mol. The number of aromatic nitrogens is 2. The molecule has 0 atom stereocenters. The minimum absolute atomic E-state index is 0.127. The first-order chi connectivity index (χ1) is 11.9. The Hall–Kier alpha value is -2.96. The van der Waals surface area contributed by atoms with E-state index in [1.165, 1.54) is 10.6 Å². The summed E-state index contributed by atoms with van der Waals surface area (Å²) < 4.78 is 6.35. The number of carbonyl (C=O) groups excluding carboxylic acids is 2. The lowest BCUT2D eigenvalue weighted by molar-refractivity contribution is -0.116. The van der Waals surface area contributed by atoms with Gasteiger partial charge in [0, 0.05) is 17.4 Å². The quantitative estimate of drug-likeness (QED) is 0.811. The molecule has 0 spiro atoms. The first kappa shape index (κ1) is 18.4. The normalized spacial score (nSPS) is 10.4. The predicted molar refractivity (Wildman–Crippen MR) is 93.6 cm³/mol. The van der Waals surface area contributed by atoms with E-state index in [0.717, 1.165) is 6.42 Å². The summed E-state index contributed by atoms with van der Waals surface area (Å²) in [5.74, 6) is -0.265. The Labute approximate surface area is 145 Å². The van der Waals surface area contributed by atoms with Gasteiger partial charge in [-0.05, 0) is 44.5 Å². The van der Waals surface area contributed by atoms with Crippen molar-refractivity contribution in [2.45, 2.75) is 33.7 Å². The summed E-state index contributed by atoms with van der Waals surface area (Å²) >= 11 is 0. The molecule has 25 heavy (non-hydrogen) atoms. The predicted octanol–water partition coefficient (Wildman–Crippen LogP) is 2.07. The van der Waals surface area contributed by atoms with E-state index in [9.17, 15) is 14.4 Å². The van der Waals surface area contributed by atoms with E-state index in [1.807, 2.05) is 6.92 Å². The second kappa shape index (κ2) is 8.23. The van der Waals surface area contributed by atoms with Crippen LogP contribution in [0.1, 0.15) is 35.2 Å². The van der Waals surface area contributed by atoms with Gasteiger partial charge in [0.2, 0.25) is 5.91 Å². The van der Waals surface area contributed by atoms with Crippen LogP contribution in [0.4, 0.5) is 5.69 Å². The number of esters is 1. The minimum Gasteiger partial charge on any atom is -0.462 e. The Kier molecular flexibility index (Phi) is 6.05. The van der Waals surface area contributed by atoms with E-state index in [-0.39, 0.29) is 18.0 Å². The Morgan fingerprint density at radius 3 is 2.48 bits per heavy atom. The highest BCUT2D eigenvalue weighted by atomic mass is 16.5. The summed E-state index contributed by atoms with van der Waals surface area (Å²) in [6.45, 7) is 5.57. The third-order valence-corrected chi connectivity index (χ3v) is 3.47. The molecular formula is C18H21N3O4. The second-order valence-corrected chi connectivity index (χ2v) is 5.63. The molecule has 0 radical (unpaired) electrons. The number of hydrogen-bond acceptors (Lipinski definition) is 5. The van der Waals surface area contributed by atoms with Crippen LogP contribution in [0.15, 0.2) is 35.1 Å². The first-order valence-corrected chi connectivity index (χ1v) is 8.03. The number of benzene rings is 1. The van der Waals surface area contributed by atoms with Crippen molar-refractivity contribution >= 4 is 17.6 Å². The van der Waals surface area contributed by atoms with Crippen LogP contribution in [0, 0.1) is 13.8 Å². The van der Waals surface area contributed by atoms with Gasteiger partial charge in [0.1, 0.15) is 12.4 Å². The van der Waals surface area contributed by atoms with Gasteiger partial charge in [-0.25, -0.2) is 9.78 Å². The number of anilines is 1. The van der Waals surface area contributed by atoms with Gasteiger partial charge in [-0.15, -0.1) is 0 Å².